The number of alkyl halides is 3. The molecule has 1 saturated carbocycles. The van der Waals surface area contributed by atoms with E-state index in [0.717, 1.165) is 31.2 Å². The molecular weight excluding hydrogens is 357 g/mol. The van der Waals surface area contributed by atoms with Gasteiger partial charge in [-0.3, -0.25) is 4.79 Å². The van der Waals surface area contributed by atoms with Gasteiger partial charge in [-0.2, -0.15) is 24.5 Å². The van der Waals surface area contributed by atoms with E-state index in [1.807, 2.05) is 4.90 Å². The molecule has 5 nitrogen and oxygen atoms in total. The molecule has 1 amide bonds. The van der Waals surface area contributed by atoms with Gasteiger partial charge in [0.15, 0.2) is 0 Å². The van der Waals surface area contributed by atoms with Crippen LogP contribution in [0.2, 0.25) is 0 Å². The van der Waals surface area contributed by atoms with Crippen molar-refractivity contribution < 1.29 is 27.9 Å². The Kier molecular flexibility index (Phi) is 5.06. The Bertz CT molecular complexity index is 631. The number of amides is 1. The van der Waals surface area contributed by atoms with E-state index in [0.29, 0.717) is 11.8 Å². The molecule has 1 N–H and O–H groups in total. The number of carbonyl (C=O) groups is 2. The van der Waals surface area contributed by atoms with Gasteiger partial charge in [-0.15, -0.1) is 0 Å². The van der Waals surface area contributed by atoms with Crippen LogP contribution in [0.5, 0.6) is 0 Å². The molecule has 3 aliphatic rings. The lowest BCUT2D eigenvalue weighted by molar-refractivity contribution is -0.192. The lowest BCUT2D eigenvalue weighted by atomic mass is 10.0. The highest BCUT2D eigenvalue weighted by Gasteiger charge is 2.47. The third-order valence-electron chi connectivity index (χ3n) is 4.79. The van der Waals surface area contributed by atoms with Gasteiger partial charge in [0, 0.05) is 37.5 Å². The van der Waals surface area contributed by atoms with Crippen LogP contribution < -0.4 is 4.90 Å². The summed E-state index contributed by atoms with van der Waals surface area (Å²) in [5, 5.41) is 11.3. The number of halogens is 3. The van der Waals surface area contributed by atoms with Crippen molar-refractivity contribution in [2.45, 2.75) is 19.0 Å². The maximum atomic E-state index is 12.4. The first-order chi connectivity index (χ1) is 11.8. The summed E-state index contributed by atoms with van der Waals surface area (Å²) in [5.74, 6) is -0.629. The number of fused-ring (bicyclic) bond motifs is 1. The summed E-state index contributed by atoms with van der Waals surface area (Å²) < 4.78 is 31.7. The molecule has 2 saturated heterocycles. The first kappa shape index (κ1) is 18.2. The monoisotopic (exact) mass is 376 g/mol. The zero-order valence-electron chi connectivity index (χ0n) is 13.4. The molecule has 0 unspecified atom stereocenters. The topological polar surface area (TPSA) is 60.9 Å². The molecule has 0 spiro atoms. The Balaban J connectivity index is 0.000000225. The summed E-state index contributed by atoms with van der Waals surface area (Å²) in [6.07, 6.45) is -2.28. The number of carboxylic acids is 1. The SMILES string of the molecule is O=C(O)C(F)(F)F.O=C1[C@H]2CN(CC3CC3)C[C@H]2CN1c1ccsc1. The average Bonchev–Trinajstić information content (AvgIpc) is 2.94. The molecule has 1 aromatic heterocycles. The number of thiophene rings is 1. The molecule has 2 aliphatic heterocycles. The molecular formula is C16H19F3N2O3S. The second-order valence-corrected chi connectivity index (χ2v) is 7.54. The Morgan fingerprint density at radius 3 is 2.44 bits per heavy atom. The second kappa shape index (κ2) is 6.95. The highest BCUT2D eigenvalue weighted by atomic mass is 32.1. The van der Waals surface area contributed by atoms with Gasteiger partial charge in [0.25, 0.3) is 0 Å². The van der Waals surface area contributed by atoms with Gasteiger partial charge in [0.2, 0.25) is 5.91 Å². The quantitative estimate of drug-likeness (QED) is 0.881. The number of hydrogen-bond donors (Lipinski definition) is 1. The third kappa shape index (κ3) is 4.33. The Morgan fingerprint density at radius 2 is 1.96 bits per heavy atom. The summed E-state index contributed by atoms with van der Waals surface area (Å²) in [6.45, 7) is 4.30. The zero-order valence-corrected chi connectivity index (χ0v) is 14.2. The number of rotatable bonds is 3. The first-order valence-corrected chi connectivity index (χ1v) is 9.06. The van der Waals surface area contributed by atoms with Crippen LogP contribution in [0, 0.1) is 17.8 Å². The van der Waals surface area contributed by atoms with Crippen molar-refractivity contribution in [2.24, 2.45) is 17.8 Å². The molecule has 0 aromatic carbocycles. The van der Waals surface area contributed by atoms with E-state index in [1.165, 1.54) is 19.4 Å². The van der Waals surface area contributed by atoms with Gasteiger partial charge >= 0.3 is 12.1 Å². The molecule has 0 radical (unpaired) electrons. The normalized spacial score (nSPS) is 26.4. The summed E-state index contributed by atoms with van der Waals surface area (Å²) in [6, 6.07) is 2.06. The lowest BCUT2D eigenvalue weighted by Gasteiger charge is -2.20. The van der Waals surface area contributed by atoms with Gasteiger partial charge in [-0.1, -0.05) is 0 Å². The van der Waals surface area contributed by atoms with Crippen molar-refractivity contribution >= 4 is 28.9 Å². The first-order valence-electron chi connectivity index (χ1n) is 8.11. The molecule has 3 fully saturated rings. The summed E-state index contributed by atoms with van der Waals surface area (Å²) in [5.41, 5.74) is 1.10. The number of nitrogens with zero attached hydrogens (tertiary/aromatic N) is 2. The van der Waals surface area contributed by atoms with E-state index >= 15 is 0 Å². The second-order valence-electron chi connectivity index (χ2n) is 6.76. The number of hydrogen-bond acceptors (Lipinski definition) is 4. The number of anilines is 1. The average molecular weight is 376 g/mol. The molecule has 25 heavy (non-hydrogen) atoms. The predicted octanol–water partition coefficient (Wildman–Crippen LogP) is 2.69. The molecule has 4 rings (SSSR count). The highest BCUT2D eigenvalue weighted by Crippen LogP contribution is 2.38. The van der Waals surface area contributed by atoms with E-state index in [2.05, 4.69) is 21.7 Å². The van der Waals surface area contributed by atoms with Crippen molar-refractivity contribution in [3.8, 4) is 0 Å². The van der Waals surface area contributed by atoms with E-state index in [-0.39, 0.29) is 5.92 Å². The van der Waals surface area contributed by atoms with Crippen molar-refractivity contribution in [2.75, 3.05) is 31.1 Å². The summed E-state index contributed by atoms with van der Waals surface area (Å²) in [4.78, 5) is 25.9. The van der Waals surface area contributed by atoms with E-state index < -0.39 is 12.1 Å². The fourth-order valence-corrected chi connectivity index (χ4v) is 4.05. The molecule has 3 heterocycles. The van der Waals surface area contributed by atoms with Crippen LogP contribution in [0.3, 0.4) is 0 Å². The number of aliphatic carboxylic acids is 1. The molecule has 9 heteroatoms. The third-order valence-corrected chi connectivity index (χ3v) is 5.46. The molecule has 138 valence electrons. The number of carbonyl (C=O) groups excluding carboxylic acids is 1. The van der Waals surface area contributed by atoms with Crippen LogP contribution in [0.4, 0.5) is 18.9 Å². The van der Waals surface area contributed by atoms with Gasteiger partial charge in [0.05, 0.1) is 11.6 Å². The summed E-state index contributed by atoms with van der Waals surface area (Å²) in [7, 11) is 0. The van der Waals surface area contributed by atoms with Crippen LogP contribution in [0.1, 0.15) is 12.8 Å². The Hall–Kier alpha value is -1.61. The van der Waals surface area contributed by atoms with Gasteiger partial charge in [-0.05, 0) is 30.2 Å². The van der Waals surface area contributed by atoms with Crippen LogP contribution in [-0.4, -0.2) is 54.2 Å². The van der Waals surface area contributed by atoms with Crippen molar-refractivity contribution in [1.82, 2.24) is 4.90 Å². The maximum Gasteiger partial charge on any atom is 0.490 e. The molecule has 2 atom stereocenters. The van der Waals surface area contributed by atoms with Gasteiger partial charge in [-0.25, -0.2) is 4.79 Å². The minimum Gasteiger partial charge on any atom is -0.475 e. The maximum absolute atomic E-state index is 12.4. The molecule has 1 aliphatic carbocycles. The van der Waals surface area contributed by atoms with Gasteiger partial charge in [0.1, 0.15) is 0 Å². The Morgan fingerprint density at radius 1 is 1.28 bits per heavy atom. The minimum atomic E-state index is -5.08. The summed E-state index contributed by atoms with van der Waals surface area (Å²) >= 11 is 1.67. The lowest BCUT2D eigenvalue weighted by Crippen LogP contribution is -2.33. The van der Waals surface area contributed by atoms with Crippen molar-refractivity contribution in [1.29, 1.82) is 0 Å². The standard InChI is InChI=1S/C14H18N2OS.C2HF3O2/c17-14-13-8-15(5-10-1-2-10)6-11(13)7-16(14)12-3-4-18-9-12;3-2(4,5)1(6)7/h3-4,9-11,13H,1-2,5-8H2;(H,6,7)/t11-,13-;/m0./s1. The largest absolute Gasteiger partial charge is 0.490 e. The minimum absolute atomic E-state index is 0.267. The zero-order chi connectivity index (χ0) is 18.2. The smallest absolute Gasteiger partial charge is 0.475 e. The predicted molar refractivity (Wildman–Crippen MR) is 86.5 cm³/mol. The highest BCUT2D eigenvalue weighted by molar-refractivity contribution is 7.08. The van der Waals surface area contributed by atoms with Crippen molar-refractivity contribution in [3.05, 3.63) is 16.8 Å². The molecule has 1 aromatic rings. The van der Waals surface area contributed by atoms with Crippen LogP contribution in [0.25, 0.3) is 0 Å². The van der Waals surface area contributed by atoms with Crippen LogP contribution >= 0.6 is 11.3 Å². The van der Waals surface area contributed by atoms with Crippen LogP contribution in [0.15, 0.2) is 16.8 Å². The van der Waals surface area contributed by atoms with Gasteiger partial charge < -0.3 is 14.9 Å². The Labute approximate surface area is 147 Å². The fourth-order valence-electron chi connectivity index (χ4n) is 3.41. The van der Waals surface area contributed by atoms with E-state index in [9.17, 15) is 18.0 Å². The number of carboxylic acid groups (broad SMARTS) is 1. The van der Waals surface area contributed by atoms with Crippen LogP contribution in [-0.2, 0) is 9.59 Å². The van der Waals surface area contributed by atoms with E-state index in [4.69, 9.17) is 9.90 Å². The fraction of sp³-hybridized carbons (Fsp3) is 0.625. The number of likely N-dealkylation sites (tertiary alicyclic amines) is 1. The van der Waals surface area contributed by atoms with E-state index in [1.54, 1.807) is 11.3 Å². The van der Waals surface area contributed by atoms with Crippen molar-refractivity contribution in [3.63, 3.8) is 0 Å². The molecule has 0 bridgehead atoms.